The van der Waals surface area contributed by atoms with E-state index in [4.69, 9.17) is 0 Å². The van der Waals surface area contributed by atoms with Crippen molar-refractivity contribution in [3.05, 3.63) is 59.3 Å². The Kier molecular flexibility index (Phi) is 4.42. The zero-order chi connectivity index (χ0) is 20.9. The number of nitrogens with zero attached hydrogens (tertiary/aromatic N) is 1. The molecule has 0 aliphatic carbocycles. The van der Waals surface area contributed by atoms with Gasteiger partial charge in [0.15, 0.2) is 9.84 Å². The number of carboxylic acid groups (broad SMARTS) is 1. The van der Waals surface area contributed by atoms with E-state index in [0.29, 0.717) is 27.9 Å². The van der Waals surface area contributed by atoms with Crippen molar-refractivity contribution in [2.45, 2.75) is 25.7 Å². The molecule has 0 saturated carbocycles. The Hall–Kier alpha value is -3.19. The third-order valence-electron chi connectivity index (χ3n) is 5.24. The number of H-pyrrole nitrogens is 1. The summed E-state index contributed by atoms with van der Waals surface area (Å²) in [6, 6.07) is 10.3. The molecule has 0 bridgehead atoms. The third-order valence-corrected chi connectivity index (χ3v) is 6.97. The lowest BCUT2D eigenvalue weighted by Crippen LogP contribution is -2.04. The molecule has 6 nitrogen and oxygen atoms in total. The lowest BCUT2D eigenvalue weighted by molar-refractivity contribution is 0.0696. The van der Waals surface area contributed by atoms with Crippen LogP contribution >= 0.6 is 0 Å². The molecule has 7 heteroatoms. The minimum Gasteiger partial charge on any atom is -0.478 e. The largest absolute Gasteiger partial charge is 0.478 e. The lowest BCUT2D eigenvalue weighted by Gasteiger charge is -2.11. The molecule has 4 rings (SSSR count). The number of hydrogen-bond donors (Lipinski definition) is 2. The predicted octanol–water partition coefficient (Wildman–Crippen LogP) is 4.49. The van der Waals surface area contributed by atoms with Gasteiger partial charge in [0.2, 0.25) is 0 Å². The number of aryl methyl sites for hydroxylation is 2. The van der Waals surface area contributed by atoms with Gasteiger partial charge in [-0.25, -0.2) is 18.2 Å². The molecule has 0 saturated heterocycles. The van der Waals surface area contributed by atoms with E-state index in [1.165, 1.54) is 0 Å². The molecule has 0 aliphatic rings. The number of carbonyl (C=O) groups is 1. The summed E-state index contributed by atoms with van der Waals surface area (Å²) in [6.07, 6.45) is 1.75. The van der Waals surface area contributed by atoms with Gasteiger partial charge in [0, 0.05) is 17.0 Å². The van der Waals surface area contributed by atoms with E-state index in [0.717, 1.165) is 16.3 Å². The van der Waals surface area contributed by atoms with E-state index in [2.05, 4.69) is 9.97 Å². The predicted molar refractivity (Wildman–Crippen MR) is 113 cm³/mol. The summed E-state index contributed by atoms with van der Waals surface area (Å²) >= 11 is 0. The summed E-state index contributed by atoms with van der Waals surface area (Å²) in [5.74, 6) is -1.04. The normalized spacial score (nSPS) is 12.0. The topological polar surface area (TPSA) is 100 Å². The second kappa shape index (κ2) is 6.70. The molecule has 2 heterocycles. The van der Waals surface area contributed by atoms with Crippen molar-refractivity contribution in [1.82, 2.24) is 9.97 Å². The number of aromatic amines is 1. The third kappa shape index (κ3) is 3.07. The average Bonchev–Trinajstić information content (AvgIpc) is 3.07. The lowest BCUT2D eigenvalue weighted by atomic mass is 9.94. The maximum absolute atomic E-state index is 12.4. The molecule has 2 aromatic heterocycles. The van der Waals surface area contributed by atoms with Gasteiger partial charge < -0.3 is 10.1 Å². The van der Waals surface area contributed by atoms with Crippen LogP contribution in [0.1, 0.15) is 28.4 Å². The zero-order valence-electron chi connectivity index (χ0n) is 16.3. The zero-order valence-corrected chi connectivity index (χ0v) is 17.1. The van der Waals surface area contributed by atoms with Crippen molar-refractivity contribution in [1.29, 1.82) is 0 Å². The molecular formula is C22H20N2O4S. The summed E-state index contributed by atoms with van der Waals surface area (Å²) in [6.45, 7) is 5.30. The number of benzene rings is 2. The molecule has 4 aromatic rings. The number of aromatic carboxylic acids is 1. The van der Waals surface area contributed by atoms with Crippen LogP contribution in [0.15, 0.2) is 47.5 Å². The van der Waals surface area contributed by atoms with Gasteiger partial charge in [0.1, 0.15) is 5.65 Å². The Morgan fingerprint density at radius 3 is 2.62 bits per heavy atom. The highest BCUT2D eigenvalue weighted by Gasteiger charge is 2.20. The Bertz CT molecular complexity index is 1400. The first-order chi connectivity index (χ1) is 13.7. The van der Waals surface area contributed by atoms with E-state index in [1.54, 1.807) is 50.4 Å². The molecule has 0 spiro atoms. The summed E-state index contributed by atoms with van der Waals surface area (Å²) in [5.41, 5.74) is 4.42. The van der Waals surface area contributed by atoms with Crippen LogP contribution in [0, 0.1) is 13.8 Å². The van der Waals surface area contributed by atoms with Gasteiger partial charge in [-0.3, -0.25) is 0 Å². The number of rotatable bonds is 4. The Balaban J connectivity index is 2.15. The minimum atomic E-state index is -3.39. The van der Waals surface area contributed by atoms with Gasteiger partial charge in [0.05, 0.1) is 21.7 Å². The van der Waals surface area contributed by atoms with E-state index < -0.39 is 15.8 Å². The second-order valence-corrected chi connectivity index (χ2v) is 9.40. The fourth-order valence-electron chi connectivity index (χ4n) is 3.67. The number of sulfone groups is 1. The van der Waals surface area contributed by atoms with E-state index in [-0.39, 0.29) is 16.2 Å². The fourth-order valence-corrected chi connectivity index (χ4v) is 4.59. The number of nitrogens with one attached hydrogen (secondary N) is 1. The monoisotopic (exact) mass is 408 g/mol. The van der Waals surface area contributed by atoms with Crippen molar-refractivity contribution in [2.75, 3.05) is 5.75 Å². The number of hydrogen-bond acceptors (Lipinski definition) is 4. The SMILES string of the molecule is CCS(=O)(=O)c1cccc(-c2cc(C(=O)O)c(C)c3[nH]c4ncc(C)cc4c23)c1. The molecule has 0 unspecified atom stereocenters. The number of carboxylic acids is 1. The Labute approximate surface area is 168 Å². The first-order valence-corrected chi connectivity index (χ1v) is 10.9. The number of fused-ring (bicyclic) bond motifs is 3. The maximum atomic E-state index is 12.4. The molecule has 0 radical (unpaired) electrons. The van der Waals surface area contributed by atoms with Crippen LogP contribution in [0.5, 0.6) is 0 Å². The molecule has 2 aromatic carbocycles. The van der Waals surface area contributed by atoms with Gasteiger partial charge in [-0.15, -0.1) is 0 Å². The highest BCUT2D eigenvalue weighted by molar-refractivity contribution is 7.91. The van der Waals surface area contributed by atoms with Crippen LogP contribution in [0.2, 0.25) is 0 Å². The molecule has 0 atom stereocenters. The summed E-state index contributed by atoms with van der Waals surface area (Å²) in [7, 11) is -3.39. The summed E-state index contributed by atoms with van der Waals surface area (Å²) in [5, 5.41) is 11.4. The number of pyridine rings is 1. The molecule has 148 valence electrons. The van der Waals surface area contributed by atoms with Crippen molar-refractivity contribution < 1.29 is 18.3 Å². The van der Waals surface area contributed by atoms with Crippen LogP contribution in [0.3, 0.4) is 0 Å². The smallest absolute Gasteiger partial charge is 0.336 e. The van der Waals surface area contributed by atoms with E-state index >= 15 is 0 Å². The van der Waals surface area contributed by atoms with Crippen molar-refractivity contribution in [2.24, 2.45) is 0 Å². The van der Waals surface area contributed by atoms with Crippen LogP contribution in [0.25, 0.3) is 33.1 Å². The molecule has 0 aliphatic heterocycles. The van der Waals surface area contributed by atoms with Crippen LogP contribution < -0.4 is 0 Å². The molecular weight excluding hydrogens is 388 g/mol. The minimum absolute atomic E-state index is 0.00363. The molecule has 2 N–H and O–H groups in total. The number of aromatic nitrogens is 2. The van der Waals surface area contributed by atoms with Gasteiger partial charge in [-0.1, -0.05) is 19.1 Å². The van der Waals surface area contributed by atoms with E-state index in [1.807, 2.05) is 13.0 Å². The fraction of sp³-hybridized carbons (Fsp3) is 0.182. The Morgan fingerprint density at radius 2 is 1.93 bits per heavy atom. The summed E-state index contributed by atoms with van der Waals surface area (Å²) < 4.78 is 24.7. The standard InChI is InChI=1S/C22H20N2O4S/c1-4-29(27,28)15-7-5-6-14(9-15)17-10-16(22(25)26)13(3)20-19(17)18-8-12(2)11-23-21(18)24-20/h5-11H,4H2,1-3H3,(H,23,24)(H,25,26). The second-order valence-electron chi connectivity index (χ2n) is 7.12. The highest BCUT2D eigenvalue weighted by Crippen LogP contribution is 2.38. The Morgan fingerprint density at radius 1 is 1.17 bits per heavy atom. The first kappa shape index (κ1) is 19.1. The van der Waals surface area contributed by atoms with Gasteiger partial charge in [0.25, 0.3) is 0 Å². The summed E-state index contributed by atoms with van der Waals surface area (Å²) in [4.78, 5) is 19.8. The van der Waals surface area contributed by atoms with E-state index in [9.17, 15) is 18.3 Å². The van der Waals surface area contributed by atoms with Crippen LogP contribution in [-0.2, 0) is 9.84 Å². The van der Waals surface area contributed by atoms with Crippen LogP contribution in [0.4, 0.5) is 0 Å². The van der Waals surface area contributed by atoms with Crippen molar-refractivity contribution >= 4 is 37.7 Å². The highest BCUT2D eigenvalue weighted by atomic mass is 32.2. The van der Waals surface area contributed by atoms with Gasteiger partial charge in [-0.2, -0.15) is 0 Å². The molecule has 0 amide bonds. The maximum Gasteiger partial charge on any atom is 0.336 e. The van der Waals surface area contributed by atoms with Gasteiger partial charge >= 0.3 is 5.97 Å². The first-order valence-electron chi connectivity index (χ1n) is 9.21. The average molecular weight is 408 g/mol. The van der Waals surface area contributed by atoms with Crippen LogP contribution in [-0.4, -0.2) is 35.2 Å². The molecule has 0 fully saturated rings. The quantitative estimate of drug-likeness (QED) is 0.518. The van der Waals surface area contributed by atoms with Crippen molar-refractivity contribution in [3.8, 4) is 11.1 Å². The van der Waals surface area contributed by atoms with Crippen molar-refractivity contribution in [3.63, 3.8) is 0 Å². The van der Waals surface area contributed by atoms with Gasteiger partial charge in [-0.05, 0) is 60.4 Å². The molecule has 29 heavy (non-hydrogen) atoms.